The lowest BCUT2D eigenvalue weighted by Crippen LogP contribution is -2.52. The molecule has 0 heterocycles. The number of benzene rings is 1. The maximum atomic E-state index is 9.69. The van der Waals surface area contributed by atoms with Gasteiger partial charge in [0.1, 0.15) is 0 Å². The highest BCUT2D eigenvalue weighted by Gasteiger charge is 2.27. The monoisotopic (exact) mass is 292 g/mol. The second kappa shape index (κ2) is 8.52. The van der Waals surface area contributed by atoms with Crippen molar-refractivity contribution in [3.8, 4) is 0 Å². The Morgan fingerprint density at radius 1 is 1.19 bits per heavy atom. The second-order valence-electron chi connectivity index (χ2n) is 6.79. The molecule has 0 spiro atoms. The summed E-state index contributed by atoms with van der Waals surface area (Å²) in [5.74, 6) is 0. The van der Waals surface area contributed by atoms with Crippen molar-refractivity contribution >= 4 is 0 Å². The van der Waals surface area contributed by atoms with E-state index < -0.39 is 0 Å². The van der Waals surface area contributed by atoms with Crippen LogP contribution in [-0.2, 0) is 6.42 Å². The highest BCUT2D eigenvalue weighted by molar-refractivity contribution is 5.14. The van der Waals surface area contributed by atoms with E-state index in [1.165, 1.54) is 5.56 Å². The Balaban J connectivity index is 2.47. The number of nitrogens with one attached hydrogen (secondary N) is 1. The topological polar surface area (TPSA) is 35.5 Å². The van der Waals surface area contributed by atoms with Crippen LogP contribution in [0.4, 0.5) is 0 Å². The van der Waals surface area contributed by atoms with E-state index in [4.69, 9.17) is 0 Å². The minimum Gasteiger partial charge on any atom is -0.394 e. The first-order valence-electron chi connectivity index (χ1n) is 7.99. The number of hydrogen-bond donors (Lipinski definition) is 2. The molecule has 21 heavy (non-hydrogen) atoms. The average Bonchev–Trinajstić information content (AvgIpc) is 2.44. The van der Waals surface area contributed by atoms with Crippen molar-refractivity contribution in [3.05, 3.63) is 35.9 Å². The highest BCUT2D eigenvalue weighted by Crippen LogP contribution is 2.16. The first-order chi connectivity index (χ1) is 9.86. The van der Waals surface area contributed by atoms with Crippen LogP contribution in [0.1, 0.15) is 39.7 Å². The maximum Gasteiger partial charge on any atom is 0.0611 e. The molecule has 1 aromatic carbocycles. The van der Waals surface area contributed by atoms with E-state index in [2.05, 4.69) is 75.3 Å². The summed E-state index contributed by atoms with van der Waals surface area (Å²) in [7, 11) is 2.17. The van der Waals surface area contributed by atoms with Crippen LogP contribution in [0.5, 0.6) is 0 Å². The molecular weight excluding hydrogens is 260 g/mol. The predicted octanol–water partition coefficient (Wildman–Crippen LogP) is 2.69. The van der Waals surface area contributed by atoms with Crippen molar-refractivity contribution in [1.29, 1.82) is 0 Å². The molecule has 0 bridgehead atoms. The molecule has 120 valence electrons. The summed E-state index contributed by atoms with van der Waals surface area (Å²) in [6, 6.07) is 11.4. The second-order valence-corrected chi connectivity index (χ2v) is 6.79. The lowest BCUT2D eigenvalue weighted by molar-refractivity contribution is 0.120. The zero-order chi connectivity index (χ0) is 15.9. The molecule has 0 aliphatic carbocycles. The summed E-state index contributed by atoms with van der Waals surface area (Å²) >= 11 is 0. The van der Waals surface area contributed by atoms with Crippen molar-refractivity contribution in [2.45, 2.75) is 58.2 Å². The van der Waals surface area contributed by atoms with Crippen molar-refractivity contribution in [2.24, 2.45) is 0 Å². The third-order valence-electron chi connectivity index (χ3n) is 4.08. The zero-order valence-electron chi connectivity index (χ0n) is 14.3. The molecule has 0 aliphatic heterocycles. The summed E-state index contributed by atoms with van der Waals surface area (Å²) in [6.07, 6.45) is 2.00. The van der Waals surface area contributed by atoms with E-state index in [9.17, 15) is 5.11 Å². The van der Waals surface area contributed by atoms with Gasteiger partial charge in [0.05, 0.1) is 6.61 Å². The van der Waals surface area contributed by atoms with E-state index >= 15 is 0 Å². The first-order valence-corrected chi connectivity index (χ1v) is 7.99. The average molecular weight is 292 g/mol. The van der Waals surface area contributed by atoms with Crippen LogP contribution in [-0.4, -0.2) is 47.8 Å². The fourth-order valence-electron chi connectivity index (χ4n) is 2.84. The predicted molar refractivity (Wildman–Crippen MR) is 90.6 cm³/mol. The van der Waals surface area contributed by atoms with Gasteiger partial charge in [0, 0.05) is 24.2 Å². The van der Waals surface area contributed by atoms with Crippen LogP contribution >= 0.6 is 0 Å². The van der Waals surface area contributed by atoms with E-state index in [1.807, 2.05) is 0 Å². The van der Waals surface area contributed by atoms with Crippen LogP contribution in [0.2, 0.25) is 0 Å². The summed E-state index contributed by atoms with van der Waals surface area (Å²) in [4.78, 5) is 2.38. The molecule has 0 saturated carbocycles. The van der Waals surface area contributed by atoms with Gasteiger partial charge in [-0.1, -0.05) is 44.2 Å². The molecule has 2 N–H and O–H groups in total. The third kappa shape index (κ3) is 6.60. The standard InChI is InChI=1S/C18H32N2O/c1-15(2)19-18(4,14-21)13-16(3)20(5)12-11-17-9-7-6-8-10-17/h6-10,15-16,19,21H,11-14H2,1-5H3. The smallest absolute Gasteiger partial charge is 0.0611 e. The van der Waals surface area contributed by atoms with E-state index in [-0.39, 0.29) is 12.1 Å². The van der Waals surface area contributed by atoms with Crippen LogP contribution < -0.4 is 5.32 Å². The van der Waals surface area contributed by atoms with Gasteiger partial charge >= 0.3 is 0 Å². The summed E-state index contributed by atoms with van der Waals surface area (Å²) < 4.78 is 0. The molecule has 0 aliphatic rings. The summed E-state index contributed by atoms with van der Waals surface area (Å²) in [5, 5.41) is 13.2. The number of aliphatic hydroxyl groups excluding tert-OH is 1. The number of hydrogen-bond acceptors (Lipinski definition) is 3. The van der Waals surface area contributed by atoms with Gasteiger partial charge in [0.25, 0.3) is 0 Å². The van der Waals surface area contributed by atoms with Gasteiger partial charge in [-0.25, -0.2) is 0 Å². The summed E-state index contributed by atoms with van der Waals surface area (Å²) in [5.41, 5.74) is 1.16. The SMILES string of the molecule is CC(C)NC(C)(CO)CC(C)N(C)CCc1ccccc1. The van der Waals surface area contributed by atoms with E-state index in [0.29, 0.717) is 12.1 Å². The van der Waals surface area contributed by atoms with Crippen LogP contribution in [0, 0.1) is 0 Å². The number of nitrogens with zero attached hydrogens (tertiary/aromatic N) is 1. The molecule has 0 amide bonds. The number of aliphatic hydroxyl groups is 1. The van der Waals surface area contributed by atoms with Crippen molar-refractivity contribution in [1.82, 2.24) is 10.2 Å². The van der Waals surface area contributed by atoms with Crippen LogP contribution in [0.25, 0.3) is 0 Å². The van der Waals surface area contributed by atoms with Gasteiger partial charge in [-0.15, -0.1) is 0 Å². The summed E-state index contributed by atoms with van der Waals surface area (Å²) in [6.45, 7) is 9.79. The van der Waals surface area contributed by atoms with Gasteiger partial charge < -0.3 is 15.3 Å². The molecule has 0 saturated heterocycles. The fraction of sp³-hybridized carbons (Fsp3) is 0.667. The molecule has 2 unspecified atom stereocenters. The van der Waals surface area contributed by atoms with Crippen LogP contribution in [0.3, 0.4) is 0 Å². The molecule has 1 rings (SSSR count). The molecule has 1 aromatic rings. The maximum absolute atomic E-state index is 9.69. The Labute approximate surface area is 130 Å². The molecule has 0 fully saturated rings. The first kappa shape index (κ1) is 18.1. The Morgan fingerprint density at radius 2 is 1.81 bits per heavy atom. The van der Waals surface area contributed by atoms with E-state index in [1.54, 1.807) is 0 Å². The largest absolute Gasteiger partial charge is 0.394 e. The molecule has 3 nitrogen and oxygen atoms in total. The van der Waals surface area contributed by atoms with Gasteiger partial charge in [-0.2, -0.15) is 0 Å². The minimum absolute atomic E-state index is 0.169. The van der Waals surface area contributed by atoms with Crippen LogP contribution in [0.15, 0.2) is 30.3 Å². The van der Waals surface area contributed by atoms with Gasteiger partial charge in [0.15, 0.2) is 0 Å². The van der Waals surface area contributed by atoms with Crippen molar-refractivity contribution in [3.63, 3.8) is 0 Å². The van der Waals surface area contributed by atoms with Crippen molar-refractivity contribution < 1.29 is 5.11 Å². The lowest BCUT2D eigenvalue weighted by Gasteiger charge is -2.36. The lowest BCUT2D eigenvalue weighted by atomic mass is 9.93. The van der Waals surface area contributed by atoms with E-state index in [0.717, 1.165) is 19.4 Å². The normalized spacial score (nSPS) is 16.2. The number of rotatable bonds is 9. The zero-order valence-corrected chi connectivity index (χ0v) is 14.3. The molecular formula is C18H32N2O. The third-order valence-corrected chi connectivity index (χ3v) is 4.08. The highest BCUT2D eigenvalue weighted by atomic mass is 16.3. The minimum atomic E-state index is -0.214. The molecule has 2 atom stereocenters. The van der Waals surface area contributed by atoms with Gasteiger partial charge in [-0.05, 0) is 39.3 Å². The fourth-order valence-corrected chi connectivity index (χ4v) is 2.84. The Kier molecular flexibility index (Phi) is 7.36. The molecule has 0 aromatic heterocycles. The molecule has 3 heteroatoms. The Hall–Kier alpha value is -0.900. The van der Waals surface area contributed by atoms with Gasteiger partial charge in [-0.3, -0.25) is 0 Å². The Bertz CT molecular complexity index is 393. The Morgan fingerprint density at radius 3 is 2.33 bits per heavy atom. The van der Waals surface area contributed by atoms with Crippen molar-refractivity contribution in [2.75, 3.05) is 20.2 Å². The molecule has 0 radical (unpaired) electrons. The quantitative estimate of drug-likeness (QED) is 0.734. The van der Waals surface area contributed by atoms with Gasteiger partial charge in [0.2, 0.25) is 0 Å². The number of likely N-dealkylation sites (N-methyl/N-ethyl adjacent to an activating group) is 1.